The molecule has 0 aliphatic carbocycles. The van der Waals surface area contributed by atoms with E-state index in [-0.39, 0.29) is 5.56 Å². The molecule has 0 radical (unpaired) electrons. The number of fused-ring (bicyclic) bond motifs is 3. The van der Waals surface area contributed by atoms with Crippen LogP contribution in [0.3, 0.4) is 0 Å². The first-order valence-corrected chi connectivity index (χ1v) is 8.83. The predicted molar refractivity (Wildman–Crippen MR) is 99.2 cm³/mol. The van der Waals surface area contributed by atoms with E-state index in [4.69, 9.17) is 0 Å². The summed E-state index contributed by atoms with van der Waals surface area (Å²) in [6.07, 6.45) is 1.92. The minimum atomic E-state index is -0.00123. The first-order chi connectivity index (χ1) is 11.0. The molecule has 0 aliphatic heterocycles. The lowest BCUT2D eigenvalue weighted by Gasteiger charge is -1.98. The fourth-order valence-electron chi connectivity index (χ4n) is 2.63. The Morgan fingerprint density at radius 1 is 1.13 bits per heavy atom. The van der Waals surface area contributed by atoms with Gasteiger partial charge >= 0.3 is 0 Å². The van der Waals surface area contributed by atoms with Crippen LogP contribution in [0.2, 0.25) is 0 Å². The molecule has 0 saturated carbocycles. The van der Waals surface area contributed by atoms with Gasteiger partial charge in [-0.1, -0.05) is 39.4 Å². The highest BCUT2D eigenvalue weighted by atomic mass is 79.9. The molecule has 0 atom stereocenters. The van der Waals surface area contributed by atoms with E-state index in [1.165, 1.54) is 22.5 Å². The average Bonchev–Trinajstić information content (AvgIpc) is 3.00. The molecule has 0 N–H and O–H groups in total. The third-order valence-corrected chi connectivity index (χ3v) is 5.52. The van der Waals surface area contributed by atoms with Crippen molar-refractivity contribution in [2.75, 3.05) is 0 Å². The van der Waals surface area contributed by atoms with Crippen molar-refractivity contribution < 1.29 is 0 Å². The van der Waals surface area contributed by atoms with Crippen molar-refractivity contribution in [2.24, 2.45) is 0 Å². The van der Waals surface area contributed by atoms with E-state index < -0.39 is 0 Å². The number of rotatable bonds is 1. The van der Waals surface area contributed by atoms with Gasteiger partial charge in [0.05, 0.1) is 15.6 Å². The van der Waals surface area contributed by atoms with Crippen LogP contribution in [0.1, 0.15) is 16.7 Å². The molecular formula is C18H13BrN2OS. The monoisotopic (exact) mass is 384 g/mol. The van der Waals surface area contributed by atoms with Gasteiger partial charge < -0.3 is 0 Å². The van der Waals surface area contributed by atoms with E-state index in [9.17, 15) is 4.79 Å². The maximum atomic E-state index is 12.8. The Morgan fingerprint density at radius 3 is 2.57 bits per heavy atom. The number of benzene rings is 2. The van der Waals surface area contributed by atoms with Crippen LogP contribution >= 0.6 is 27.3 Å². The number of thiazole rings is 1. The van der Waals surface area contributed by atoms with Gasteiger partial charge in [0.2, 0.25) is 0 Å². The van der Waals surface area contributed by atoms with Gasteiger partial charge in [-0.25, -0.2) is 9.38 Å². The van der Waals surface area contributed by atoms with Gasteiger partial charge in [-0.05, 0) is 60.9 Å². The van der Waals surface area contributed by atoms with E-state index in [1.807, 2.05) is 42.5 Å². The topological polar surface area (TPSA) is 34.4 Å². The van der Waals surface area contributed by atoms with Crippen LogP contribution in [0.25, 0.3) is 22.1 Å². The lowest BCUT2D eigenvalue weighted by molar-refractivity contribution is 1.18. The van der Waals surface area contributed by atoms with Crippen LogP contribution in [0.4, 0.5) is 0 Å². The summed E-state index contributed by atoms with van der Waals surface area (Å²) in [6.45, 7) is 4.12. The van der Waals surface area contributed by atoms with Crippen molar-refractivity contribution in [3.8, 4) is 0 Å². The number of halogens is 1. The minimum Gasteiger partial charge on any atom is -0.267 e. The van der Waals surface area contributed by atoms with Gasteiger partial charge in [0.1, 0.15) is 0 Å². The molecular weight excluding hydrogens is 372 g/mol. The molecule has 3 nitrogen and oxygen atoms in total. The number of imidazole rings is 1. The summed E-state index contributed by atoms with van der Waals surface area (Å²) in [5.41, 5.74) is 5.14. The molecule has 0 saturated heterocycles. The standard InChI is InChI=1S/C18H13BrN2OS/c1-10-7-14-15(8-11(10)2)21-17(22)16(23-18(21)20-14)9-12-3-5-13(19)6-4-12/h3-9H,1-2H3/b16-9+. The zero-order valence-corrected chi connectivity index (χ0v) is 15.0. The molecule has 4 aromatic rings. The Labute approximate surface area is 145 Å². The molecule has 4 rings (SSSR count). The van der Waals surface area contributed by atoms with Crippen LogP contribution in [0.15, 0.2) is 45.7 Å². The summed E-state index contributed by atoms with van der Waals surface area (Å²) in [5.74, 6) is 0. The van der Waals surface area contributed by atoms with E-state index in [0.717, 1.165) is 26.0 Å². The average molecular weight is 385 g/mol. The highest BCUT2D eigenvalue weighted by Gasteiger charge is 2.12. The number of hydrogen-bond acceptors (Lipinski definition) is 3. The lowest BCUT2D eigenvalue weighted by atomic mass is 10.1. The molecule has 114 valence electrons. The van der Waals surface area contributed by atoms with Gasteiger partial charge in [-0.2, -0.15) is 0 Å². The van der Waals surface area contributed by atoms with Crippen molar-refractivity contribution in [1.29, 1.82) is 0 Å². The van der Waals surface area contributed by atoms with Gasteiger partial charge in [-0.15, -0.1) is 0 Å². The smallest absolute Gasteiger partial charge is 0.267 e. The second kappa shape index (κ2) is 5.28. The largest absolute Gasteiger partial charge is 0.274 e. The first-order valence-electron chi connectivity index (χ1n) is 7.22. The second-order valence-corrected chi connectivity index (χ2v) is 7.55. The molecule has 2 aromatic carbocycles. The van der Waals surface area contributed by atoms with Crippen molar-refractivity contribution in [3.05, 3.63) is 72.4 Å². The Hall–Kier alpha value is -1.98. The van der Waals surface area contributed by atoms with Crippen LogP contribution in [-0.4, -0.2) is 9.38 Å². The minimum absolute atomic E-state index is 0.00123. The molecule has 0 fully saturated rings. The zero-order chi connectivity index (χ0) is 16.1. The lowest BCUT2D eigenvalue weighted by Crippen LogP contribution is -2.22. The summed E-state index contributed by atoms with van der Waals surface area (Å²) in [5, 5.41) is 0. The van der Waals surface area contributed by atoms with Crippen LogP contribution in [0.5, 0.6) is 0 Å². The van der Waals surface area contributed by atoms with E-state index in [2.05, 4.69) is 34.8 Å². The van der Waals surface area contributed by atoms with Gasteiger partial charge in [0.15, 0.2) is 4.96 Å². The maximum Gasteiger partial charge on any atom is 0.274 e. The van der Waals surface area contributed by atoms with Crippen LogP contribution < -0.4 is 10.1 Å². The first kappa shape index (κ1) is 14.6. The van der Waals surface area contributed by atoms with E-state index in [0.29, 0.717) is 4.53 Å². The predicted octanol–water partition coefficient (Wildman–Crippen LogP) is 3.84. The van der Waals surface area contributed by atoms with Crippen LogP contribution in [-0.2, 0) is 0 Å². The van der Waals surface area contributed by atoms with Gasteiger partial charge in [-0.3, -0.25) is 4.79 Å². The van der Waals surface area contributed by atoms with Crippen LogP contribution in [0, 0.1) is 13.8 Å². The zero-order valence-electron chi connectivity index (χ0n) is 12.6. The highest BCUT2D eigenvalue weighted by Crippen LogP contribution is 2.20. The fraction of sp³-hybridized carbons (Fsp3) is 0.111. The molecule has 0 unspecified atom stereocenters. The third kappa shape index (κ3) is 2.40. The summed E-state index contributed by atoms with van der Waals surface area (Å²) in [6, 6.07) is 12.0. The van der Waals surface area contributed by atoms with E-state index >= 15 is 0 Å². The summed E-state index contributed by atoms with van der Waals surface area (Å²) in [7, 11) is 0. The summed E-state index contributed by atoms with van der Waals surface area (Å²) in [4.78, 5) is 18.1. The quantitative estimate of drug-likeness (QED) is 0.499. The second-order valence-electron chi connectivity index (χ2n) is 5.62. The molecule has 0 aliphatic rings. The Morgan fingerprint density at radius 2 is 1.83 bits per heavy atom. The number of aryl methyl sites for hydroxylation is 2. The molecule has 23 heavy (non-hydrogen) atoms. The molecule has 0 amide bonds. The molecule has 2 aromatic heterocycles. The normalized spacial score (nSPS) is 12.6. The number of hydrogen-bond donors (Lipinski definition) is 0. The van der Waals surface area contributed by atoms with Crippen molar-refractivity contribution in [3.63, 3.8) is 0 Å². The van der Waals surface area contributed by atoms with Crippen molar-refractivity contribution in [1.82, 2.24) is 9.38 Å². The van der Waals surface area contributed by atoms with E-state index in [1.54, 1.807) is 4.40 Å². The number of aromatic nitrogens is 2. The molecule has 0 spiro atoms. The third-order valence-electron chi connectivity index (χ3n) is 4.02. The Kier molecular flexibility index (Phi) is 3.36. The summed E-state index contributed by atoms with van der Waals surface area (Å²) >= 11 is 4.85. The number of nitrogens with zero attached hydrogens (tertiary/aromatic N) is 2. The SMILES string of the molecule is Cc1cc2nc3s/c(=C/c4ccc(Br)cc4)c(=O)n3c2cc1C. The van der Waals surface area contributed by atoms with Gasteiger partial charge in [0.25, 0.3) is 5.56 Å². The molecule has 0 bridgehead atoms. The Bertz CT molecular complexity index is 1160. The van der Waals surface area contributed by atoms with Gasteiger partial charge in [0, 0.05) is 4.47 Å². The molecule has 2 heterocycles. The Balaban J connectivity index is 2.00. The fourth-order valence-corrected chi connectivity index (χ4v) is 3.88. The molecule has 5 heteroatoms. The highest BCUT2D eigenvalue weighted by molar-refractivity contribution is 9.10. The maximum absolute atomic E-state index is 12.8. The summed E-state index contributed by atoms with van der Waals surface area (Å²) < 4.78 is 3.45. The van der Waals surface area contributed by atoms with Crippen molar-refractivity contribution in [2.45, 2.75) is 13.8 Å². The van der Waals surface area contributed by atoms with Crippen molar-refractivity contribution >= 4 is 49.3 Å².